The van der Waals surface area contributed by atoms with Crippen molar-refractivity contribution in [2.45, 2.75) is 43.6 Å². The van der Waals surface area contributed by atoms with E-state index in [4.69, 9.17) is 4.74 Å². The number of carbonyl (C=O) groups excluding carboxylic acids is 2. The van der Waals surface area contributed by atoms with E-state index < -0.39 is 0 Å². The lowest BCUT2D eigenvalue weighted by Gasteiger charge is -2.47. The number of benzene rings is 1. The first-order chi connectivity index (χ1) is 12.6. The lowest BCUT2D eigenvalue weighted by Crippen LogP contribution is -2.55. The number of hydrogen-bond acceptors (Lipinski definition) is 3. The van der Waals surface area contributed by atoms with Gasteiger partial charge in [-0.1, -0.05) is 30.3 Å². The number of carbonyl (C=O) groups is 2. The highest BCUT2D eigenvalue weighted by Gasteiger charge is 2.53. The zero-order valence-electron chi connectivity index (χ0n) is 15.5. The Hall–Kier alpha value is -1.88. The van der Waals surface area contributed by atoms with Crippen LogP contribution in [-0.2, 0) is 14.3 Å². The van der Waals surface area contributed by atoms with E-state index in [9.17, 15) is 9.59 Å². The van der Waals surface area contributed by atoms with E-state index in [0.717, 1.165) is 38.8 Å². The van der Waals surface area contributed by atoms with Gasteiger partial charge in [-0.3, -0.25) is 9.59 Å². The van der Waals surface area contributed by atoms with Crippen molar-refractivity contribution in [1.82, 2.24) is 9.80 Å². The normalized spacial score (nSPS) is 26.5. The topological polar surface area (TPSA) is 49.9 Å². The van der Waals surface area contributed by atoms with Crippen LogP contribution in [0.1, 0.15) is 43.6 Å². The highest BCUT2D eigenvalue weighted by molar-refractivity contribution is 5.82. The summed E-state index contributed by atoms with van der Waals surface area (Å²) in [4.78, 5) is 29.4. The summed E-state index contributed by atoms with van der Waals surface area (Å²) in [5, 5.41) is 0. The zero-order chi connectivity index (χ0) is 18.1. The molecule has 0 aromatic heterocycles. The van der Waals surface area contributed by atoms with Crippen LogP contribution in [0.2, 0.25) is 0 Å². The smallest absolute Gasteiger partial charge is 0.225 e. The van der Waals surface area contributed by atoms with E-state index in [2.05, 4.69) is 24.3 Å². The highest BCUT2D eigenvalue weighted by atomic mass is 16.5. The third-order valence-electron chi connectivity index (χ3n) is 6.78. The van der Waals surface area contributed by atoms with E-state index in [-0.39, 0.29) is 29.2 Å². The van der Waals surface area contributed by atoms with Gasteiger partial charge in [-0.2, -0.15) is 0 Å². The van der Waals surface area contributed by atoms with Gasteiger partial charge in [0.05, 0.1) is 5.54 Å². The molecule has 1 aromatic rings. The van der Waals surface area contributed by atoms with Crippen LogP contribution in [0.25, 0.3) is 0 Å². The summed E-state index contributed by atoms with van der Waals surface area (Å²) in [6.45, 7) is 2.89. The predicted molar refractivity (Wildman–Crippen MR) is 98.7 cm³/mol. The van der Waals surface area contributed by atoms with Crippen molar-refractivity contribution in [3.8, 4) is 0 Å². The monoisotopic (exact) mass is 356 g/mol. The maximum atomic E-state index is 12.8. The molecule has 3 aliphatic heterocycles. The van der Waals surface area contributed by atoms with Crippen molar-refractivity contribution < 1.29 is 14.3 Å². The Morgan fingerprint density at radius 3 is 2.42 bits per heavy atom. The van der Waals surface area contributed by atoms with Crippen LogP contribution in [-0.4, -0.2) is 60.5 Å². The molecule has 3 fully saturated rings. The third-order valence-corrected chi connectivity index (χ3v) is 6.78. The molecule has 4 rings (SSSR count). The summed E-state index contributed by atoms with van der Waals surface area (Å²) >= 11 is 0. The first kappa shape index (κ1) is 17.5. The number of rotatable bonds is 2. The van der Waals surface area contributed by atoms with Gasteiger partial charge >= 0.3 is 0 Å². The van der Waals surface area contributed by atoms with Crippen LogP contribution in [0.5, 0.6) is 0 Å². The van der Waals surface area contributed by atoms with Gasteiger partial charge in [-0.25, -0.2) is 0 Å². The fourth-order valence-corrected chi connectivity index (χ4v) is 5.10. The van der Waals surface area contributed by atoms with Gasteiger partial charge in [0, 0.05) is 51.6 Å². The highest BCUT2D eigenvalue weighted by Crippen LogP contribution is 2.48. The molecule has 3 heterocycles. The van der Waals surface area contributed by atoms with E-state index in [1.165, 1.54) is 5.56 Å². The second-order valence-corrected chi connectivity index (χ2v) is 7.94. The Bertz CT molecular complexity index is 661. The standard InChI is InChI=1S/C21H28N2O3/c1-22-19(24)15-18(16-5-3-2-4-6-16)21(22)9-11-23(12-10-21)20(25)17-7-13-26-14-8-17/h2-6,17-18H,7-15H2,1H3. The minimum absolute atomic E-state index is 0.116. The summed E-state index contributed by atoms with van der Waals surface area (Å²) in [7, 11) is 1.95. The van der Waals surface area contributed by atoms with Crippen molar-refractivity contribution in [1.29, 1.82) is 0 Å². The van der Waals surface area contributed by atoms with Crippen molar-refractivity contribution >= 4 is 11.8 Å². The fourth-order valence-electron chi connectivity index (χ4n) is 5.10. The predicted octanol–water partition coefficient (Wildman–Crippen LogP) is 2.42. The molecule has 5 heteroatoms. The molecule has 1 atom stereocenters. The van der Waals surface area contributed by atoms with Gasteiger partial charge in [0.1, 0.15) is 0 Å². The van der Waals surface area contributed by atoms with E-state index >= 15 is 0 Å². The summed E-state index contributed by atoms with van der Waals surface area (Å²) < 4.78 is 5.39. The van der Waals surface area contributed by atoms with Crippen molar-refractivity contribution in [3.05, 3.63) is 35.9 Å². The molecule has 1 spiro atoms. The average Bonchev–Trinajstić information content (AvgIpc) is 2.94. The van der Waals surface area contributed by atoms with E-state index in [0.29, 0.717) is 19.6 Å². The quantitative estimate of drug-likeness (QED) is 0.818. The van der Waals surface area contributed by atoms with E-state index in [1.807, 2.05) is 22.9 Å². The van der Waals surface area contributed by atoms with Crippen LogP contribution < -0.4 is 0 Å². The number of likely N-dealkylation sites (N-methyl/N-ethyl adjacent to an activating group) is 1. The molecule has 0 N–H and O–H groups in total. The zero-order valence-corrected chi connectivity index (χ0v) is 15.5. The Kier molecular flexibility index (Phi) is 4.74. The average molecular weight is 356 g/mol. The Labute approximate surface area is 155 Å². The second-order valence-electron chi connectivity index (χ2n) is 7.94. The molecule has 0 aliphatic carbocycles. The van der Waals surface area contributed by atoms with Crippen LogP contribution in [0.3, 0.4) is 0 Å². The molecule has 0 bridgehead atoms. The van der Waals surface area contributed by atoms with Gasteiger partial charge in [0.2, 0.25) is 11.8 Å². The van der Waals surface area contributed by atoms with Gasteiger partial charge in [-0.05, 0) is 31.2 Å². The molecule has 1 aromatic carbocycles. The number of likely N-dealkylation sites (tertiary alicyclic amines) is 2. The van der Waals surface area contributed by atoms with Crippen LogP contribution in [0.4, 0.5) is 0 Å². The summed E-state index contributed by atoms with van der Waals surface area (Å²) in [5.74, 6) is 0.849. The van der Waals surface area contributed by atoms with Gasteiger partial charge < -0.3 is 14.5 Å². The molecule has 5 nitrogen and oxygen atoms in total. The molecular formula is C21H28N2O3. The summed E-state index contributed by atoms with van der Waals surface area (Å²) in [6.07, 6.45) is 3.99. The molecule has 3 saturated heterocycles. The molecule has 26 heavy (non-hydrogen) atoms. The van der Waals surface area contributed by atoms with Gasteiger partial charge in [-0.15, -0.1) is 0 Å². The molecular weight excluding hydrogens is 328 g/mol. The van der Waals surface area contributed by atoms with Crippen molar-refractivity contribution in [3.63, 3.8) is 0 Å². The number of piperidine rings is 1. The minimum atomic E-state index is -0.148. The number of hydrogen-bond donors (Lipinski definition) is 0. The number of amides is 2. The first-order valence-corrected chi connectivity index (χ1v) is 9.80. The van der Waals surface area contributed by atoms with Crippen molar-refractivity contribution in [2.75, 3.05) is 33.4 Å². The molecule has 1 unspecified atom stereocenters. The fraction of sp³-hybridized carbons (Fsp3) is 0.619. The Balaban J connectivity index is 1.50. The molecule has 3 aliphatic rings. The van der Waals surface area contributed by atoms with Crippen LogP contribution in [0, 0.1) is 5.92 Å². The SMILES string of the molecule is CN1C(=O)CC(c2ccccc2)C12CCN(C(=O)C1CCOCC1)CC2. The van der Waals surface area contributed by atoms with Gasteiger partial charge in [0.25, 0.3) is 0 Å². The summed E-state index contributed by atoms with van der Waals surface area (Å²) in [5.41, 5.74) is 1.10. The maximum absolute atomic E-state index is 12.8. The number of ether oxygens (including phenoxy) is 1. The Morgan fingerprint density at radius 1 is 1.12 bits per heavy atom. The maximum Gasteiger partial charge on any atom is 0.225 e. The second kappa shape index (κ2) is 7.03. The lowest BCUT2D eigenvalue weighted by molar-refractivity contribution is -0.141. The van der Waals surface area contributed by atoms with Crippen LogP contribution >= 0.6 is 0 Å². The number of nitrogens with zero attached hydrogens (tertiary/aromatic N) is 2. The van der Waals surface area contributed by atoms with E-state index in [1.54, 1.807) is 0 Å². The van der Waals surface area contributed by atoms with Crippen LogP contribution in [0.15, 0.2) is 30.3 Å². The third kappa shape index (κ3) is 2.92. The molecule has 2 amide bonds. The van der Waals surface area contributed by atoms with Crippen molar-refractivity contribution in [2.24, 2.45) is 5.92 Å². The minimum Gasteiger partial charge on any atom is -0.381 e. The molecule has 0 saturated carbocycles. The van der Waals surface area contributed by atoms with Gasteiger partial charge in [0.15, 0.2) is 0 Å². The Morgan fingerprint density at radius 2 is 1.77 bits per heavy atom. The molecule has 0 radical (unpaired) electrons. The summed E-state index contributed by atoms with van der Waals surface area (Å²) in [6, 6.07) is 10.4. The first-order valence-electron chi connectivity index (χ1n) is 9.80. The largest absolute Gasteiger partial charge is 0.381 e. The molecule has 140 valence electrons. The lowest BCUT2D eigenvalue weighted by atomic mass is 9.73.